The zero-order valence-electron chi connectivity index (χ0n) is 13.7. The Morgan fingerprint density at radius 1 is 1.17 bits per heavy atom. The summed E-state index contributed by atoms with van der Waals surface area (Å²) in [7, 11) is 0. The maximum absolute atomic E-state index is 12.1. The quantitative estimate of drug-likeness (QED) is 0.839. The lowest BCUT2D eigenvalue weighted by Gasteiger charge is -2.18. The van der Waals surface area contributed by atoms with E-state index in [1.54, 1.807) is 0 Å². The standard InChI is InChI=1S/C19H22ClNO2/c1-4-17(15-8-6-5-7-9-15)21-18(22)12-23-16-10-13(2)19(20)14(3)11-16/h5-11,17H,4,12H2,1-3H3,(H,21,22). The molecule has 0 fully saturated rings. The van der Waals surface area contributed by atoms with Gasteiger partial charge in [-0.25, -0.2) is 0 Å². The van der Waals surface area contributed by atoms with Crippen LogP contribution >= 0.6 is 11.6 Å². The van der Waals surface area contributed by atoms with E-state index < -0.39 is 0 Å². The van der Waals surface area contributed by atoms with Crippen molar-refractivity contribution in [2.24, 2.45) is 0 Å². The Hall–Kier alpha value is -2.00. The minimum atomic E-state index is -0.133. The van der Waals surface area contributed by atoms with Gasteiger partial charge in [-0.2, -0.15) is 0 Å². The molecule has 2 aromatic carbocycles. The number of aryl methyl sites for hydroxylation is 2. The third-order valence-corrected chi connectivity index (χ3v) is 4.32. The largest absolute Gasteiger partial charge is 0.484 e. The van der Waals surface area contributed by atoms with Gasteiger partial charge in [0.15, 0.2) is 6.61 Å². The van der Waals surface area contributed by atoms with Gasteiger partial charge in [0.1, 0.15) is 5.75 Å². The minimum absolute atomic E-state index is 0.000917. The van der Waals surface area contributed by atoms with Gasteiger partial charge < -0.3 is 10.1 Å². The number of hydrogen-bond acceptors (Lipinski definition) is 2. The maximum atomic E-state index is 12.1. The summed E-state index contributed by atoms with van der Waals surface area (Å²) in [6.45, 7) is 5.88. The predicted octanol–water partition coefficient (Wildman–Crippen LogP) is 4.60. The Balaban J connectivity index is 1.94. The lowest BCUT2D eigenvalue weighted by atomic mass is 10.0. The topological polar surface area (TPSA) is 38.3 Å². The van der Waals surface area contributed by atoms with E-state index in [4.69, 9.17) is 16.3 Å². The Labute approximate surface area is 142 Å². The lowest BCUT2D eigenvalue weighted by Crippen LogP contribution is -2.32. The number of ether oxygens (including phenoxy) is 1. The molecule has 2 aromatic rings. The highest BCUT2D eigenvalue weighted by atomic mass is 35.5. The first-order valence-corrected chi connectivity index (χ1v) is 8.13. The first-order chi connectivity index (χ1) is 11.0. The van der Waals surface area contributed by atoms with Crippen LogP contribution in [-0.4, -0.2) is 12.5 Å². The molecule has 23 heavy (non-hydrogen) atoms. The van der Waals surface area contributed by atoms with Crippen molar-refractivity contribution in [2.45, 2.75) is 33.2 Å². The molecule has 0 aliphatic heterocycles. The van der Waals surface area contributed by atoms with E-state index >= 15 is 0 Å². The van der Waals surface area contributed by atoms with Crippen molar-refractivity contribution in [2.75, 3.05) is 6.61 Å². The van der Waals surface area contributed by atoms with Crippen molar-refractivity contribution in [3.63, 3.8) is 0 Å². The fourth-order valence-electron chi connectivity index (χ4n) is 2.48. The molecule has 0 spiro atoms. The molecule has 0 aromatic heterocycles. The molecular formula is C19H22ClNO2. The van der Waals surface area contributed by atoms with Gasteiger partial charge in [0.2, 0.25) is 0 Å². The third-order valence-electron chi connectivity index (χ3n) is 3.73. The summed E-state index contributed by atoms with van der Waals surface area (Å²) in [5.74, 6) is 0.526. The van der Waals surface area contributed by atoms with E-state index in [0.717, 1.165) is 28.1 Å². The Kier molecular flexibility index (Phi) is 6.05. The number of amides is 1. The Morgan fingerprint density at radius 2 is 1.78 bits per heavy atom. The highest BCUT2D eigenvalue weighted by Crippen LogP contribution is 2.25. The van der Waals surface area contributed by atoms with Crippen LogP contribution in [0, 0.1) is 13.8 Å². The summed E-state index contributed by atoms with van der Waals surface area (Å²) in [5.41, 5.74) is 2.98. The van der Waals surface area contributed by atoms with E-state index in [0.29, 0.717) is 5.75 Å². The molecule has 0 heterocycles. The molecule has 4 heteroatoms. The second-order valence-electron chi connectivity index (χ2n) is 5.60. The second-order valence-corrected chi connectivity index (χ2v) is 5.98. The zero-order chi connectivity index (χ0) is 16.8. The fraction of sp³-hybridized carbons (Fsp3) is 0.316. The zero-order valence-corrected chi connectivity index (χ0v) is 14.5. The highest BCUT2D eigenvalue weighted by Gasteiger charge is 2.13. The van der Waals surface area contributed by atoms with E-state index in [1.807, 2.05) is 63.2 Å². The summed E-state index contributed by atoms with van der Waals surface area (Å²) in [6.07, 6.45) is 0.828. The predicted molar refractivity (Wildman–Crippen MR) is 94.0 cm³/mol. The van der Waals surface area contributed by atoms with Crippen molar-refractivity contribution >= 4 is 17.5 Å². The molecule has 0 aliphatic carbocycles. The number of carbonyl (C=O) groups excluding carboxylic acids is 1. The summed E-state index contributed by atoms with van der Waals surface area (Å²) in [4.78, 5) is 12.1. The van der Waals surface area contributed by atoms with Gasteiger partial charge in [0, 0.05) is 5.02 Å². The van der Waals surface area contributed by atoms with Gasteiger partial charge in [0.25, 0.3) is 5.91 Å². The SMILES string of the molecule is CCC(NC(=O)COc1cc(C)c(Cl)c(C)c1)c1ccccc1. The number of nitrogens with one attached hydrogen (secondary N) is 1. The molecule has 0 bridgehead atoms. The lowest BCUT2D eigenvalue weighted by molar-refractivity contribution is -0.123. The van der Waals surface area contributed by atoms with Crippen LogP contribution in [0.4, 0.5) is 0 Å². The van der Waals surface area contributed by atoms with Crippen LogP contribution in [0.3, 0.4) is 0 Å². The molecule has 2 rings (SSSR count). The normalized spacial score (nSPS) is 11.8. The molecule has 1 atom stereocenters. The van der Waals surface area contributed by atoms with Crippen molar-refractivity contribution in [1.29, 1.82) is 0 Å². The molecule has 1 unspecified atom stereocenters. The average molecular weight is 332 g/mol. The number of carbonyl (C=O) groups is 1. The summed E-state index contributed by atoms with van der Waals surface area (Å²) in [5, 5.41) is 3.74. The summed E-state index contributed by atoms with van der Waals surface area (Å²) < 4.78 is 5.60. The molecule has 0 aliphatic rings. The number of rotatable bonds is 6. The highest BCUT2D eigenvalue weighted by molar-refractivity contribution is 6.32. The van der Waals surface area contributed by atoms with Crippen molar-refractivity contribution in [3.05, 3.63) is 64.2 Å². The molecule has 122 valence electrons. The van der Waals surface area contributed by atoms with Crippen LogP contribution < -0.4 is 10.1 Å². The van der Waals surface area contributed by atoms with Crippen molar-refractivity contribution in [1.82, 2.24) is 5.32 Å². The van der Waals surface area contributed by atoms with Crippen LogP contribution in [0.5, 0.6) is 5.75 Å². The van der Waals surface area contributed by atoms with E-state index in [9.17, 15) is 4.79 Å². The molecule has 0 saturated carbocycles. The molecule has 0 saturated heterocycles. The average Bonchev–Trinajstić information content (AvgIpc) is 2.56. The van der Waals surface area contributed by atoms with Crippen LogP contribution in [0.25, 0.3) is 0 Å². The van der Waals surface area contributed by atoms with Gasteiger partial charge in [-0.1, -0.05) is 48.9 Å². The van der Waals surface area contributed by atoms with Gasteiger partial charge in [0.05, 0.1) is 6.04 Å². The number of halogens is 1. The minimum Gasteiger partial charge on any atom is -0.484 e. The Morgan fingerprint density at radius 3 is 2.35 bits per heavy atom. The molecular weight excluding hydrogens is 310 g/mol. The van der Waals surface area contributed by atoms with Gasteiger partial charge in [-0.15, -0.1) is 0 Å². The third kappa shape index (κ3) is 4.73. The monoisotopic (exact) mass is 331 g/mol. The summed E-state index contributed by atoms with van der Waals surface area (Å²) >= 11 is 6.13. The van der Waals surface area contributed by atoms with Crippen LogP contribution in [0.2, 0.25) is 5.02 Å². The molecule has 0 radical (unpaired) electrons. The Bertz CT molecular complexity index is 647. The fourth-order valence-corrected chi connectivity index (χ4v) is 2.59. The molecule has 1 amide bonds. The number of hydrogen-bond donors (Lipinski definition) is 1. The second kappa shape index (κ2) is 8.02. The molecule has 1 N–H and O–H groups in total. The first kappa shape index (κ1) is 17.4. The summed E-state index contributed by atoms with van der Waals surface area (Å²) in [6, 6.07) is 13.6. The van der Waals surface area contributed by atoms with Crippen molar-refractivity contribution < 1.29 is 9.53 Å². The van der Waals surface area contributed by atoms with Crippen LogP contribution in [0.15, 0.2) is 42.5 Å². The first-order valence-electron chi connectivity index (χ1n) is 7.75. The van der Waals surface area contributed by atoms with Crippen LogP contribution in [0.1, 0.15) is 36.1 Å². The van der Waals surface area contributed by atoms with E-state index in [1.165, 1.54) is 0 Å². The van der Waals surface area contributed by atoms with E-state index in [-0.39, 0.29) is 18.6 Å². The van der Waals surface area contributed by atoms with Crippen molar-refractivity contribution in [3.8, 4) is 5.75 Å². The van der Waals surface area contributed by atoms with E-state index in [2.05, 4.69) is 5.32 Å². The smallest absolute Gasteiger partial charge is 0.258 e. The van der Waals surface area contributed by atoms with Crippen LogP contribution in [-0.2, 0) is 4.79 Å². The van der Waals surface area contributed by atoms with Gasteiger partial charge in [-0.05, 0) is 49.1 Å². The maximum Gasteiger partial charge on any atom is 0.258 e. The van der Waals surface area contributed by atoms with Gasteiger partial charge >= 0.3 is 0 Å². The number of benzene rings is 2. The van der Waals surface area contributed by atoms with Gasteiger partial charge in [-0.3, -0.25) is 4.79 Å². The molecule has 3 nitrogen and oxygen atoms in total.